The normalized spacial score (nSPS) is 28.7. The zero-order valence-corrected chi connectivity index (χ0v) is 10.3. The molecule has 94 valence electrons. The molecule has 1 amide bonds. The van der Waals surface area contributed by atoms with Gasteiger partial charge in [0.15, 0.2) is 0 Å². The third-order valence-corrected chi connectivity index (χ3v) is 4.08. The van der Waals surface area contributed by atoms with Crippen molar-refractivity contribution in [2.75, 3.05) is 13.1 Å². The SMILES string of the molecule is C=CC12CC1CN(C(=O)OCc1ccccc1)C2. The standard InChI is InChI=1S/C15H17NO2/c1-2-15-8-13(15)9-16(11-15)14(17)18-10-12-6-4-3-5-7-12/h2-7,13H,1,8-11H2. The van der Waals surface area contributed by atoms with Crippen LogP contribution in [0.15, 0.2) is 43.0 Å². The fourth-order valence-electron chi connectivity index (χ4n) is 2.79. The van der Waals surface area contributed by atoms with Crippen LogP contribution in [0.1, 0.15) is 12.0 Å². The predicted octanol–water partition coefficient (Wildman–Crippen LogP) is 2.83. The highest BCUT2D eigenvalue weighted by molar-refractivity contribution is 5.68. The largest absolute Gasteiger partial charge is 0.445 e. The molecule has 0 aromatic heterocycles. The zero-order chi connectivity index (χ0) is 12.6. The van der Waals surface area contributed by atoms with Crippen LogP contribution in [0.2, 0.25) is 0 Å². The number of nitrogens with zero attached hydrogens (tertiary/aromatic N) is 1. The molecule has 1 saturated heterocycles. The number of ether oxygens (including phenoxy) is 1. The van der Waals surface area contributed by atoms with Gasteiger partial charge in [0.1, 0.15) is 6.61 Å². The minimum atomic E-state index is -0.202. The average molecular weight is 243 g/mol. The topological polar surface area (TPSA) is 29.5 Å². The van der Waals surface area contributed by atoms with Crippen LogP contribution in [0.4, 0.5) is 4.79 Å². The highest BCUT2D eigenvalue weighted by Crippen LogP contribution is 2.58. The molecule has 1 aliphatic carbocycles. The van der Waals surface area contributed by atoms with Crippen molar-refractivity contribution >= 4 is 6.09 Å². The summed E-state index contributed by atoms with van der Waals surface area (Å²) in [5, 5.41) is 0. The first-order chi connectivity index (χ1) is 8.73. The molecule has 2 fully saturated rings. The third-order valence-electron chi connectivity index (χ3n) is 4.08. The van der Waals surface area contributed by atoms with E-state index in [4.69, 9.17) is 4.74 Å². The minimum Gasteiger partial charge on any atom is -0.445 e. The summed E-state index contributed by atoms with van der Waals surface area (Å²) in [5.74, 6) is 0.610. The Kier molecular flexibility index (Phi) is 2.62. The lowest BCUT2D eigenvalue weighted by Crippen LogP contribution is -2.32. The number of benzene rings is 1. The third kappa shape index (κ3) is 1.90. The van der Waals surface area contributed by atoms with Crippen LogP contribution in [0, 0.1) is 11.3 Å². The fraction of sp³-hybridized carbons (Fsp3) is 0.400. The maximum atomic E-state index is 11.9. The molecule has 2 aliphatic rings. The van der Waals surface area contributed by atoms with E-state index < -0.39 is 0 Å². The van der Waals surface area contributed by atoms with Gasteiger partial charge in [0, 0.05) is 18.5 Å². The number of likely N-dealkylation sites (tertiary alicyclic amines) is 1. The Labute approximate surface area is 107 Å². The molecule has 2 atom stereocenters. The van der Waals surface area contributed by atoms with Crippen molar-refractivity contribution in [3.8, 4) is 0 Å². The molecule has 0 spiro atoms. The molecule has 18 heavy (non-hydrogen) atoms. The van der Waals surface area contributed by atoms with Crippen LogP contribution >= 0.6 is 0 Å². The predicted molar refractivity (Wildman–Crippen MR) is 68.9 cm³/mol. The number of piperidine rings is 1. The van der Waals surface area contributed by atoms with Gasteiger partial charge in [0.25, 0.3) is 0 Å². The number of carbonyl (C=O) groups excluding carboxylic acids is 1. The van der Waals surface area contributed by atoms with Gasteiger partial charge in [0.2, 0.25) is 0 Å². The molecule has 1 aliphatic heterocycles. The molecule has 1 aromatic rings. The van der Waals surface area contributed by atoms with E-state index in [-0.39, 0.29) is 11.5 Å². The zero-order valence-electron chi connectivity index (χ0n) is 10.3. The molecular formula is C15H17NO2. The quantitative estimate of drug-likeness (QED) is 0.764. The average Bonchev–Trinajstić information content (AvgIpc) is 2.99. The van der Waals surface area contributed by atoms with E-state index in [9.17, 15) is 4.79 Å². The maximum absolute atomic E-state index is 11.9. The van der Waals surface area contributed by atoms with E-state index in [1.54, 1.807) is 4.90 Å². The summed E-state index contributed by atoms with van der Waals surface area (Å²) in [6, 6.07) is 9.76. The number of rotatable bonds is 3. The molecule has 3 heteroatoms. The minimum absolute atomic E-state index is 0.200. The Morgan fingerprint density at radius 1 is 1.50 bits per heavy atom. The molecule has 3 rings (SSSR count). The van der Waals surface area contributed by atoms with Crippen LogP contribution in [-0.4, -0.2) is 24.1 Å². The van der Waals surface area contributed by atoms with Gasteiger partial charge in [-0.15, -0.1) is 6.58 Å². The molecule has 1 heterocycles. The molecular weight excluding hydrogens is 226 g/mol. The van der Waals surface area contributed by atoms with Gasteiger partial charge in [-0.25, -0.2) is 4.79 Å². The monoisotopic (exact) mass is 243 g/mol. The Balaban J connectivity index is 1.53. The van der Waals surface area contributed by atoms with Crippen LogP contribution in [0.5, 0.6) is 0 Å². The highest BCUT2D eigenvalue weighted by Gasteiger charge is 2.59. The molecule has 2 unspecified atom stereocenters. The van der Waals surface area contributed by atoms with E-state index in [0.717, 1.165) is 18.7 Å². The van der Waals surface area contributed by atoms with Crippen molar-refractivity contribution < 1.29 is 9.53 Å². The summed E-state index contributed by atoms with van der Waals surface area (Å²) >= 11 is 0. The summed E-state index contributed by atoms with van der Waals surface area (Å²) in [6.07, 6.45) is 2.98. The second-order valence-corrected chi connectivity index (χ2v) is 5.26. The lowest BCUT2D eigenvalue weighted by atomic mass is 10.1. The Morgan fingerprint density at radius 2 is 2.28 bits per heavy atom. The Morgan fingerprint density at radius 3 is 2.94 bits per heavy atom. The van der Waals surface area contributed by atoms with Crippen molar-refractivity contribution in [1.82, 2.24) is 4.90 Å². The van der Waals surface area contributed by atoms with Gasteiger partial charge >= 0.3 is 6.09 Å². The summed E-state index contributed by atoms with van der Waals surface area (Å²) in [6.45, 7) is 5.81. The first-order valence-electron chi connectivity index (χ1n) is 6.33. The first kappa shape index (κ1) is 11.3. The molecule has 3 nitrogen and oxygen atoms in total. The smallest absolute Gasteiger partial charge is 0.410 e. The number of carbonyl (C=O) groups is 1. The number of amides is 1. The van der Waals surface area contributed by atoms with Crippen molar-refractivity contribution in [2.45, 2.75) is 13.0 Å². The molecule has 1 saturated carbocycles. The van der Waals surface area contributed by atoms with Crippen LogP contribution in [0.3, 0.4) is 0 Å². The summed E-state index contributed by atoms with van der Waals surface area (Å²) in [4.78, 5) is 13.7. The molecule has 0 bridgehead atoms. The Bertz CT molecular complexity index is 471. The van der Waals surface area contributed by atoms with E-state index >= 15 is 0 Å². The first-order valence-corrected chi connectivity index (χ1v) is 6.33. The van der Waals surface area contributed by atoms with Crippen LogP contribution in [-0.2, 0) is 11.3 Å². The fourth-order valence-corrected chi connectivity index (χ4v) is 2.79. The van der Waals surface area contributed by atoms with Gasteiger partial charge in [-0.1, -0.05) is 36.4 Å². The summed E-state index contributed by atoms with van der Waals surface area (Å²) < 4.78 is 5.32. The van der Waals surface area contributed by atoms with Crippen molar-refractivity contribution in [1.29, 1.82) is 0 Å². The summed E-state index contributed by atoms with van der Waals surface area (Å²) in [7, 11) is 0. The number of fused-ring (bicyclic) bond motifs is 1. The second-order valence-electron chi connectivity index (χ2n) is 5.26. The van der Waals surface area contributed by atoms with E-state index in [2.05, 4.69) is 6.58 Å². The van der Waals surface area contributed by atoms with Crippen LogP contribution in [0.25, 0.3) is 0 Å². The number of hydrogen-bond donors (Lipinski definition) is 0. The molecule has 0 radical (unpaired) electrons. The van der Waals surface area contributed by atoms with E-state index in [1.165, 1.54) is 6.42 Å². The maximum Gasteiger partial charge on any atom is 0.410 e. The second kappa shape index (κ2) is 4.16. The lowest BCUT2D eigenvalue weighted by molar-refractivity contribution is 0.0992. The molecule has 1 aromatic carbocycles. The lowest BCUT2D eigenvalue weighted by Gasteiger charge is -2.19. The molecule has 0 N–H and O–H groups in total. The van der Waals surface area contributed by atoms with Gasteiger partial charge in [-0.3, -0.25) is 0 Å². The van der Waals surface area contributed by atoms with Gasteiger partial charge in [0.05, 0.1) is 0 Å². The van der Waals surface area contributed by atoms with E-state index in [1.807, 2.05) is 36.4 Å². The van der Waals surface area contributed by atoms with Gasteiger partial charge < -0.3 is 9.64 Å². The van der Waals surface area contributed by atoms with E-state index in [0.29, 0.717) is 12.5 Å². The van der Waals surface area contributed by atoms with Crippen molar-refractivity contribution in [3.63, 3.8) is 0 Å². The van der Waals surface area contributed by atoms with Crippen molar-refractivity contribution in [3.05, 3.63) is 48.6 Å². The highest BCUT2D eigenvalue weighted by atomic mass is 16.6. The number of hydrogen-bond acceptors (Lipinski definition) is 2. The summed E-state index contributed by atoms with van der Waals surface area (Å²) in [5.41, 5.74) is 1.22. The van der Waals surface area contributed by atoms with Crippen LogP contribution < -0.4 is 0 Å². The Hall–Kier alpha value is -1.77. The van der Waals surface area contributed by atoms with Gasteiger partial charge in [-0.2, -0.15) is 0 Å². The van der Waals surface area contributed by atoms with Gasteiger partial charge in [-0.05, 0) is 17.9 Å². The van der Waals surface area contributed by atoms with Crippen molar-refractivity contribution in [2.24, 2.45) is 11.3 Å².